The average Bonchev–Trinajstić information content (AvgIpc) is 2.68. The van der Waals surface area contributed by atoms with Crippen molar-refractivity contribution in [2.45, 2.75) is 37.5 Å². The lowest BCUT2D eigenvalue weighted by atomic mass is 9.92. The SMILES string of the molecule is Cc1ccccc1N1CCN(S(=O)(=O)c2ccc3c(c2)CCCC3)CC1. The fourth-order valence-electron chi connectivity index (χ4n) is 4.11. The molecule has 0 saturated carbocycles. The van der Waals surface area contributed by atoms with Gasteiger partial charge in [-0.05, 0) is 67.5 Å². The molecule has 0 bridgehead atoms. The third-order valence-corrected chi connectivity index (χ3v) is 7.55. The maximum absolute atomic E-state index is 13.1. The summed E-state index contributed by atoms with van der Waals surface area (Å²) in [6, 6.07) is 14.0. The Morgan fingerprint density at radius 2 is 1.54 bits per heavy atom. The highest BCUT2D eigenvalue weighted by Crippen LogP contribution is 2.27. The van der Waals surface area contributed by atoms with E-state index in [4.69, 9.17) is 0 Å². The standard InChI is InChI=1S/C21H26N2O2S/c1-17-6-2-5-9-21(17)22-12-14-23(15-13-22)26(24,25)20-11-10-18-7-3-4-8-19(18)16-20/h2,5-6,9-11,16H,3-4,7-8,12-15H2,1H3. The Morgan fingerprint density at radius 3 is 2.27 bits per heavy atom. The van der Waals surface area contributed by atoms with Crippen molar-refractivity contribution in [2.24, 2.45) is 0 Å². The Hall–Kier alpha value is -1.85. The second kappa shape index (κ2) is 7.05. The summed E-state index contributed by atoms with van der Waals surface area (Å²) in [6.45, 7) is 4.64. The van der Waals surface area contributed by atoms with Gasteiger partial charge >= 0.3 is 0 Å². The van der Waals surface area contributed by atoms with Gasteiger partial charge in [0.05, 0.1) is 4.90 Å². The number of para-hydroxylation sites is 1. The van der Waals surface area contributed by atoms with Gasteiger partial charge in [-0.1, -0.05) is 24.3 Å². The topological polar surface area (TPSA) is 40.6 Å². The number of nitrogens with zero attached hydrogens (tertiary/aromatic N) is 2. The van der Waals surface area contributed by atoms with E-state index in [1.807, 2.05) is 24.3 Å². The molecule has 138 valence electrons. The van der Waals surface area contributed by atoms with Gasteiger partial charge < -0.3 is 4.90 Å². The third-order valence-electron chi connectivity index (χ3n) is 5.65. The molecule has 4 rings (SSSR count). The molecular weight excluding hydrogens is 344 g/mol. The zero-order valence-electron chi connectivity index (χ0n) is 15.3. The molecule has 5 heteroatoms. The molecule has 2 aromatic rings. The summed E-state index contributed by atoms with van der Waals surface area (Å²) < 4.78 is 27.8. The molecule has 1 aliphatic heterocycles. The molecule has 1 fully saturated rings. The minimum absolute atomic E-state index is 0.461. The van der Waals surface area contributed by atoms with Gasteiger partial charge in [0.25, 0.3) is 0 Å². The molecule has 0 N–H and O–H groups in total. The van der Waals surface area contributed by atoms with E-state index in [2.05, 4.69) is 24.0 Å². The predicted octanol–water partition coefficient (Wildman–Crippen LogP) is 3.38. The fourth-order valence-corrected chi connectivity index (χ4v) is 5.58. The first-order valence-electron chi connectivity index (χ1n) is 9.48. The van der Waals surface area contributed by atoms with E-state index < -0.39 is 10.0 Å². The third kappa shape index (κ3) is 3.26. The number of fused-ring (bicyclic) bond motifs is 1. The molecule has 0 spiro atoms. The van der Waals surface area contributed by atoms with Crippen LogP contribution in [-0.2, 0) is 22.9 Å². The van der Waals surface area contributed by atoms with Gasteiger partial charge in [-0.2, -0.15) is 4.31 Å². The van der Waals surface area contributed by atoms with Gasteiger partial charge in [0.15, 0.2) is 0 Å². The van der Waals surface area contributed by atoms with E-state index in [9.17, 15) is 8.42 Å². The van der Waals surface area contributed by atoms with Gasteiger partial charge in [-0.25, -0.2) is 8.42 Å². The molecule has 0 atom stereocenters. The molecular formula is C21H26N2O2S. The van der Waals surface area contributed by atoms with Gasteiger partial charge in [-0.15, -0.1) is 0 Å². The van der Waals surface area contributed by atoms with Crippen LogP contribution in [0.2, 0.25) is 0 Å². The minimum atomic E-state index is -3.40. The Balaban J connectivity index is 1.51. The van der Waals surface area contributed by atoms with Crippen LogP contribution in [0.5, 0.6) is 0 Å². The van der Waals surface area contributed by atoms with Gasteiger partial charge in [-0.3, -0.25) is 0 Å². The molecule has 0 unspecified atom stereocenters. The lowest BCUT2D eigenvalue weighted by molar-refractivity contribution is 0.384. The van der Waals surface area contributed by atoms with Crippen LogP contribution in [0.4, 0.5) is 5.69 Å². The summed E-state index contributed by atoms with van der Waals surface area (Å²) in [5, 5.41) is 0. The van der Waals surface area contributed by atoms with E-state index in [1.165, 1.54) is 28.8 Å². The molecule has 0 amide bonds. The monoisotopic (exact) mass is 370 g/mol. The number of rotatable bonds is 3. The molecule has 26 heavy (non-hydrogen) atoms. The average molecular weight is 371 g/mol. The predicted molar refractivity (Wildman–Crippen MR) is 105 cm³/mol. The van der Waals surface area contributed by atoms with Gasteiger partial charge in [0.2, 0.25) is 10.0 Å². The van der Waals surface area contributed by atoms with Crippen LogP contribution in [0.3, 0.4) is 0 Å². The maximum Gasteiger partial charge on any atom is 0.243 e. The number of hydrogen-bond donors (Lipinski definition) is 0. The van der Waals surface area contributed by atoms with E-state index >= 15 is 0 Å². The van der Waals surface area contributed by atoms with Crippen LogP contribution in [0.1, 0.15) is 29.5 Å². The van der Waals surface area contributed by atoms with Crippen molar-refractivity contribution in [3.8, 4) is 0 Å². The van der Waals surface area contributed by atoms with E-state index in [0.717, 1.165) is 32.4 Å². The zero-order chi connectivity index (χ0) is 18.1. The fraction of sp³-hybridized carbons (Fsp3) is 0.429. The molecule has 2 aliphatic rings. The molecule has 0 radical (unpaired) electrons. The maximum atomic E-state index is 13.1. The number of piperazine rings is 1. The van der Waals surface area contributed by atoms with Crippen molar-refractivity contribution in [3.05, 3.63) is 59.2 Å². The van der Waals surface area contributed by atoms with E-state index in [0.29, 0.717) is 18.0 Å². The Morgan fingerprint density at radius 1 is 0.846 bits per heavy atom. The summed E-state index contributed by atoms with van der Waals surface area (Å²) >= 11 is 0. The van der Waals surface area contributed by atoms with E-state index in [-0.39, 0.29) is 0 Å². The highest BCUT2D eigenvalue weighted by atomic mass is 32.2. The molecule has 4 nitrogen and oxygen atoms in total. The lowest BCUT2D eigenvalue weighted by Crippen LogP contribution is -2.48. The highest BCUT2D eigenvalue weighted by Gasteiger charge is 2.29. The molecule has 1 saturated heterocycles. The van der Waals surface area contributed by atoms with Gasteiger partial charge in [0, 0.05) is 31.9 Å². The van der Waals surface area contributed by atoms with Crippen molar-refractivity contribution in [2.75, 3.05) is 31.1 Å². The lowest BCUT2D eigenvalue weighted by Gasteiger charge is -2.36. The van der Waals surface area contributed by atoms with Crippen molar-refractivity contribution < 1.29 is 8.42 Å². The van der Waals surface area contributed by atoms with Crippen molar-refractivity contribution in [1.82, 2.24) is 4.31 Å². The molecule has 2 aromatic carbocycles. The number of hydrogen-bond acceptors (Lipinski definition) is 3. The normalized spacial score (nSPS) is 18.6. The van der Waals surface area contributed by atoms with Crippen LogP contribution >= 0.6 is 0 Å². The largest absolute Gasteiger partial charge is 0.369 e. The summed E-state index contributed by atoms with van der Waals surface area (Å²) in [5.41, 5.74) is 4.98. The van der Waals surface area contributed by atoms with Crippen molar-refractivity contribution in [1.29, 1.82) is 0 Å². The minimum Gasteiger partial charge on any atom is -0.369 e. The number of benzene rings is 2. The summed E-state index contributed by atoms with van der Waals surface area (Å²) in [6.07, 6.45) is 4.44. The smallest absolute Gasteiger partial charge is 0.243 e. The summed E-state index contributed by atoms with van der Waals surface area (Å²) in [5.74, 6) is 0. The summed E-state index contributed by atoms with van der Waals surface area (Å²) in [4.78, 5) is 2.75. The number of aryl methyl sites for hydroxylation is 3. The first kappa shape index (κ1) is 17.6. The Kier molecular flexibility index (Phi) is 4.76. The van der Waals surface area contributed by atoms with Crippen LogP contribution in [0.15, 0.2) is 47.4 Å². The van der Waals surface area contributed by atoms with Crippen LogP contribution in [0, 0.1) is 6.92 Å². The molecule has 1 aliphatic carbocycles. The van der Waals surface area contributed by atoms with Crippen LogP contribution in [-0.4, -0.2) is 38.9 Å². The Labute approximate surface area is 156 Å². The second-order valence-electron chi connectivity index (χ2n) is 7.32. The van der Waals surface area contributed by atoms with Crippen LogP contribution in [0.25, 0.3) is 0 Å². The van der Waals surface area contributed by atoms with Crippen molar-refractivity contribution in [3.63, 3.8) is 0 Å². The van der Waals surface area contributed by atoms with Gasteiger partial charge in [0.1, 0.15) is 0 Å². The molecule has 0 aromatic heterocycles. The number of anilines is 1. The zero-order valence-corrected chi connectivity index (χ0v) is 16.1. The second-order valence-corrected chi connectivity index (χ2v) is 9.25. The first-order valence-corrected chi connectivity index (χ1v) is 10.9. The molecule has 1 heterocycles. The summed E-state index contributed by atoms with van der Waals surface area (Å²) in [7, 11) is -3.40. The quantitative estimate of drug-likeness (QED) is 0.832. The first-order chi connectivity index (χ1) is 12.6. The Bertz CT molecular complexity index is 900. The number of sulfonamides is 1. The van der Waals surface area contributed by atoms with Crippen molar-refractivity contribution >= 4 is 15.7 Å². The highest BCUT2D eigenvalue weighted by molar-refractivity contribution is 7.89. The van der Waals surface area contributed by atoms with E-state index in [1.54, 1.807) is 10.4 Å². The van der Waals surface area contributed by atoms with Crippen LogP contribution < -0.4 is 4.90 Å².